The van der Waals surface area contributed by atoms with Crippen molar-refractivity contribution in [3.05, 3.63) is 20.8 Å². The predicted molar refractivity (Wildman–Crippen MR) is 57.9 cm³/mol. The van der Waals surface area contributed by atoms with E-state index in [9.17, 15) is 18.4 Å². The number of rotatable bonds is 4. The van der Waals surface area contributed by atoms with Crippen LogP contribution in [0.5, 0.6) is 0 Å². The average molecular weight is 313 g/mol. The fraction of sp³-hybridized carbons (Fsp3) is 0.333. The summed E-state index contributed by atoms with van der Waals surface area (Å²) in [5.41, 5.74) is 0. The molecule has 1 rings (SSSR count). The summed E-state index contributed by atoms with van der Waals surface area (Å²) in [6.45, 7) is 1.19. The van der Waals surface area contributed by atoms with Crippen LogP contribution < -0.4 is 0 Å². The van der Waals surface area contributed by atoms with Crippen molar-refractivity contribution in [3.8, 4) is 0 Å². The van der Waals surface area contributed by atoms with E-state index in [1.165, 1.54) is 18.4 Å². The number of ketones is 1. The van der Waals surface area contributed by atoms with E-state index in [0.29, 0.717) is 4.47 Å². The van der Waals surface area contributed by atoms with E-state index in [0.717, 1.165) is 11.3 Å². The first-order valence-corrected chi connectivity index (χ1v) is 5.90. The Bertz CT molecular complexity index is 417. The number of esters is 1. The Hall–Kier alpha value is -0.820. The Balaban J connectivity index is 2.91. The molecule has 1 aromatic rings. The first-order chi connectivity index (χ1) is 7.39. The zero-order valence-electron chi connectivity index (χ0n) is 8.13. The molecule has 0 bridgehead atoms. The Morgan fingerprint density at radius 1 is 1.56 bits per heavy atom. The topological polar surface area (TPSA) is 43.4 Å². The van der Waals surface area contributed by atoms with Crippen LogP contribution in [0.3, 0.4) is 0 Å². The molecule has 0 saturated heterocycles. The lowest BCUT2D eigenvalue weighted by Crippen LogP contribution is -2.39. The molecule has 0 aliphatic rings. The van der Waals surface area contributed by atoms with Gasteiger partial charge in [-0.25, -0.2) is 4.79 Å². The minimum absolute atomic E-state index is 0.190. The number of hydrogen-bond donors (Lipinski definition) is 0. The molecule has 0 atom stereocenters. The lowest BCUT2D eigenvalue weighted by atomic mass is 10.2. The monoisotopic (exact) mass is 312 g/mol. The van der Waals surface area contributed by atoms with Crippen molar-refractivity contribution >= 4 is 39.0 Å². The van der Waals surface area contributed by atoms with E-state index in [2.05, 4.69) is 20.7 Å². The Labute approximate surface area is 103 Å². The fourth-order valence-corrected chi connectivity index (χ4v) is 2.30. The van der Waals surface area contributed by atoms with Crippen LogP contribution in [0, 0.1) is 0 Å². The average Bonchev–Trinajstić information content (AvgIpc) is 2.64. The standard InChI is InChI=1S/C9H7BrF2O3S/c1-2-15-8(14)9(11,12)7(13)6-3-5(10)4-16-6/h3-4H,2H2,1H3. The summed E-state index contributed by atoms with van der Waals surface area (Å²) in [5, 5.41) is 1.48. The van der Waals surface area contributed by atoms with Gasteiger partial charge in [-0.3, -0.25) is 4.79 Å². The lowest BCUT2D eigenvalue weighted by molar-refractivity contribution is -0.164. The summed E-state index contributed by atoms with van der Waals surface area (Å²) >= 11 is 3.87. The van der Waals surface area contributed by atoms with Gasteiger partial charge in [-0.2, -0.15) is 8.78 Å². The molecule has 16 heavy (non-hydrogen) atoms. The molecular weight excluding hydrogens is 306 g/mol. The van der Waals surface area contributed by atoms with Gasteiger partial charge in [0, 0.05) is 9.85 Å². The third-order valence-electron chi connectivity index (χ3n) is 1.61. The van der Waals surface area contributed by atoms with Crippen LogP contribution in [0.4, 0.5) is 8.78 Å². The van der Waals surface area contributed by atoms with E-state index in [4.69, 9.17) is 0 Å². The van der Waals surface area contributed by atoms with Gasteiger partial charge in [0.25, 0.3) is 5.78 Å². The number of ether oxygens (including phenoxy) is 1. The molecule has 0 N–H and O–H groups in total. The van der Waals surface area contributed by atoms with Crippen LogP contribution >= 0.6 is 27.3 Å². The van der Waals surface area contributed by atoms with Gasteiger partial charge in [0.05, 0.1) is 11.5 Å². The van der Waals surface area contributed by atoms with E-state index in [1.54, 1.807) is 0 Å². The molecule has 1 aromatic heterocycles. The second-order valence-electron chi connectivity index (χ2n) is 2.75. The van der Waals surface area contributed by atoms with E-state index in [-0.39, 0.29) is 11.5 Å². The first kappa shape index (κ1) is 13.2. The summed E-state index contributed by atoms with van der Waals surface area (Å²) < 4.78 is 31.2. The number of carbonyl (C=O) groups is 2. The van der Waals surface area contributed by atoms with Crippen LogP contribution in [0.25, 0.3) is 0 Å². The molecule has 0 saturated carbocycles. The highest BCUT2D eigenvalue weighted by Crippen LogP contribution is 2.27. The first-order valence-electron chi connectivity index (χ1n) is 4.23. The van der Waals surface area contributed by atoms with Gasteiger partial charge in [-0.1, -0.05) is 0 Å². The lowest BCUT2D eigenvalue weighted by Gasteiger charge is -2.11. The largest absolute Gasteiger partial charge is 0.461 e. The van der Waals surface area contributed by atoms with E-state index in [1.807, 2.05) is 0 Å². The highest BCUT2D eigenvalue weighted by molar-refractivity contribution is 9.10. The van der Waals surface area contributed by atoms with Crippen LogP contribution in [-0.2, 0) is 9.53 Å². The fourth-order valence-electron chi connectivity index (χ4n) is 0.901. The van der Waals surface area contributed by atoms with Gasteiger partial charge in [-0.15, -0.1) is 11.3 Å². The maximum absolute atomic E-state index is 13.3. The van der Waals surface area contributed by atoms with Crippen LogP contribution in [0.1, 0.15) is 16.6 Å². The second-order valence-corrected chi connectivity index (χ2v) is 4.58. The van der Waals surface area contributed by atoms with Gasteiger partial charge >= 0.3 is 11.9 Å². The summed E-state index contributed by atoms with van der Waals surface area (Å²) in [6.07, 6.45) is 0. The molecule has 88 valence electrons. The third kappa shape index (κ3) is 2.65. The molecule has 0 aliphatic carbocycles. The molecule has 0 unspecified atom stereocenters. The summed E-state index contributed by atoms with van der Waals surface area (Å²) in [5.74, 6) is -7.48. The van der Waals surface area contributed by atoms with E-state index >= 15 is 0 Å². The minimum atomic E-state index is -4.12. The highest BCUT2D eigenvalue weighted by atomic mass is 79.9. The number of carbonyl (C=O) groups excluding carboxylic acids is 2. The van der Waals surface area contributed by atoms with E-state index < -0.39 is 17.7 Å². The van der Waals surface area contributed by atoms with Crippen molar-refractivity contribution in [1.82, 2.24) is 0 Å². The second kappa shape index (κ2) is 5.01. The molecule has 0 amide bonds. The molecule has 0 spiro atoms. The molecule has 0 radical (unpaired) electrons. The van der Waals surface area contributed by atoms with Gasteiger partial charge in [0.1, 0.15) is 0 Å². The zero-order chi connectivity index (χ0) is 12.3. The summed E-state index contributed by atoms with van der Waals surface area (Å²) in [7, 11) is 0. The molecular formula is C9H7BrF2O3S. The molecule has 0 aliphatic heterocycles. The van der Waals surface area contributed by atoms with Crippen LogP contribution in [-0.4, -0.2) is 24.3 Å². The normalized spacial score (nSPS) is 11.2. The van der Waals surface area contributed by atoms with Gasteiger partial charge in [0.15, 0.2) is 0 Å². The van der Waals surface area contributed by atoms with Crippen LogP contribution in [0.2, 0.25) is 0 Å². The number of hydrogen-bond acceptors (Lipinski definition) is 4. The zero-order valence-corrected chi connectivity index (χ0v) is 10.5. The van der Waals surface area contributed by atoms with Gasteiger partial charge in [-0.05, 0) is 28.9 Å². The molecule has 0 aromatic carbocycles. The quantitative estimate of drug-likeness (QED) is 0.488. The number of Topliss-reactive ketones (excluding diaryl/α,β-unsaturated/α-hetero) is 1. The number of halogens is 3. The third-order valence-corrected chi connectivity index (χ3v) is 3.30. The maximum Gasteiger partial charge on any atom is 0.405 e. The number of thiophene rings is 1. The Kier molecular flexibility index (Phi) is 4.15. The number of alkyl halides is 2. The molecule has 0 fully saturated rings. The minimum Gasteiger partial charge on any atom is -0.461 e. The van der Waals surface area contributed by atoms with Gasteiger partial charge < -0.3 is 4.74 Å². The Morgan fingerprint density at radius 3 is 2.62 bits per heavy atom. The molecule has 7 heteroatoms. The van der Waals surface area contributed by atoms with Crippen molar-refractivity contribution in [2.75, 3.05) is 6.61 Å². The summed E-state index contributed by atoms with van der Waals surface area (Å²) in [4.78, 5) is 22.0. The van der Waals surface area contributed by atoms with Crippen molar-refractivity contribution in [2.45, 2.75) is 12.8 Å². The molecule has 1 heterocycles. The predicted octanol–water partition coefficient (Wildman–Crippen LogP) is 2.89. The highest BCUT2D eigenvalue weighted by Gasteiger charge is 2.49. The van der Waals surface area contributed by atoms with Crippen molar-refractivity contribution in [1.29, 1.82) is 0 Å². The summed E-state index contributed by atoms with van der Waals surface area (Å²) in [6, 6.07) is 1.24. The van der Waals surface area contributed by atoms with Crippen molar-refractivity contribution in [2.24, 2.45) is 0 Å². The van der Waals surface area contributed by atoms with Crippen molar-refractivity contribution in [3.63, 3.8) is 0 Å². The van der Waals surface area contributed by atoms with Crippen LogP contribution in [0.15, 0.2) is 15.9 Å². The SMILES string of the molecule is CCOC(=O)C(F)(F)C(=O)c1cc(Br)cs1. The Morgan fingerprint density at radius 2 is 2.19 bits per heavy atom. The molecule has 3 nitrogen and oxygen atoms in total. The maximum atomic E-state index is 13.3. The van der Waals surface area contributed by atoms with Crippen molar-refractivity contribution < 1.29 is 23.1 Å². The smallest absolute Gasteiger partial charge is 0.405 e. The van der Waals surface area contributed by atoms with Gasteiger partial charge in [0.2, 0.25) is 0 Å².